The molecular weight excluding hydrogens is 450 g/mol. The quantitative estimate of drug-likeness (QED) is 0.395. The number of hydrogen-bond donors (Lipinski definition) is 2. The molecule has 0 atom stereocenters. The molecule has 0 spiro atoms. The first-order valence-corrected chi connectivity index (χ1v) is 11.3. The largest absolute Gasteiger partial charge is 0.390 e. The van der Waals surface area contributed by atoms with Crippen molar-refractivity contribution in [3.63, 3.8) is 0 Å². The number of halogens is 2. The fraction of sp³-hybridized carbons (Fsp3) is 0.231. The molecule has 0 saturated heterocycles. The molecule has 1 saturated carbocycles. The zero-order chi connectivity index (χ0) is 24.4. The second kappa shape index (κ2) is 7.59. The highest BCUT2D eigenvalue weighted by atomic mass is 19.3. The van der Waals surface area contributed by atoms with E-state index in [-0.39, 0.29) is 11.3 Å². The molecule has 35 heavy (non-hydrogen) atoms. The van der Waals surface area contributed by atoms with E-state index in [0.29, 0.717) is 29.7 Å². The Labute approximate surface area is 199 Å². The summed E-state index contributed by atoms with van der Waals surface area (Å²) in [7, 11) is 0. The minimum atomic E-state index is -2.80. The van der Waals surface area contributed by atoms with Gasteiger partial charge >= 0.3 is 0 Å². The van der Waals surface area contributed by atoms with Crippen molar-refractivity contribution in [2.24, 2.45) is 5.73 Å². The third-order valence-electron chi connectivity index (χ3n) is 6.59. The topological polar surface area (TPSA) is 102 Å². The van der Waals surface area contributed by atoms with Crippen LogP contribution < -0.4 is 5.73 Å². The number of rotatable bonds is 4. The van der Waals surface area contributed by atoms with Gasteiger partial charge in [-0.3, -0.25) is 4.40 Å². The van der Waals surface area contributed by atoms with Crippen LogP contribution in [0.5, 0.6) is 0 Å². The molecule has 1 aliphatic carbocycles. The number of fused-ring (bicyclic) bond motifs is 3. The number of pyridine rings is 1. The van der Waals surface area contributed by atoms with Gasteiger partial charge in [0.25, 0.3) is 6.43 Å². The van der Waals surface area contributed by atoms with Gasteiger partial charge < -0.3 is 10.8 Å². The lowest BCUT2D eigenvalue weighted by Crippen LogP contribution is -2.58. The molecule has 3 N–H and O–H groups in total. The molecule has 7 nitrogen and oxygen atoms in total. The predicted octanol–water partition coefficient (Wildman–Crippen LogP) is 4.64. The maximum absolute atomic E-state index is 13.6. The monoisotopic (exact) mass is 472 g/mol. The Balaban J connectivity index is 1.54. The van der Waals surface area contributed by atoms with Gasteiger partial charge in [-0.05, 0) is 37.5 Å². The second-order valence-electron chi connectivity index (χ2n) is 9.47. The molecule has 3 aromatic heterocycles. The van der Waals surface area contributed by atoms with Gasteiger partial charge in [0.2, 0.25) is 5.82 Å². The first kappa shape index (κ1) is 21.7. The molecule has 2 aromatic carbocycles. The van der Waals surface area contributed by atoms with E-state index in [1.165, 1.54) is 4.40 Å². The first-order valence-electron chi connectivity index (χ1n) is 11.3. The summed E-state index contributed by atoms with van der Waals surface area (Å²) < 4.78 is 28.5. The lowest BCUT2D eigenvalue weighted by atomic mass is 9.63. The highest BCUT2D eigenvalue weighted by molar-refractivity contribution is 5.86. The van der Waals surface area contributed by atoms with E-state index in [2.05, 4.69) is 10.2 Å². The smallest absolute Gasteiger partial charge is 0.297 e. The normalized spacial score (nSPS) is 22.1. The van der Waals surface area contributed by atoms with Crippen LogP contribution in [0.1, 0.15) is 37.6 Å². The van der Waals surface area contributed by atoms with Crippen molar-refractivity contribution in [2.75, 3.05) is 0 Å². The number of nitrogens with zero attached hydrogens (tertiary/aromatic N) is 5. The Morgan fingerprint density at radius 1 is 0.886 bits per heavy atom. The SMILES string of the molecule is C[C@]1(O)C[C@@](N)(c2ccc(-c3nc4ccc5nnc(C(F)F)n5c4nc3-c3ccccc3)cc2)C1. The van der Waals surface area contributed by atoms with Crippen LogP contribution in [0.2, 0.25) is 0 Å². The number of aliphatic hydroxyl groups is 1. The Hall–Kier alpha value is -3.82. The summed E-state index contributed by atoms with van der Waals surface area (Å²) >= 11 is 0. The van der Waals surface area contributed by atoms with Gasteiger partial charge in [-0.1, -0.05) is 54.6 Å². The van der Waals surface area contributed by atoms with Crippen LogP contribution in [0, 0.1) is 0 Å². The number of aromatic nitrogens is 5. The number of nitrogens with two attached hydrogens (primary N) is 1. The Morgan fingerprint density at radius 2 is 1.54 bits per heavy atom. The molecule has 0 amide bonds. The van der Waals surface area contributed by atoms with Gasteiger partial charge in [-0.25, -0.2) is 18.7 Å². The summed E-state index contributed by atoms with van der Waals surface area (Å²) in [5.41, 5.74) is 9.91. The molecule has 3 heterocycles. The summed E-state index contributed by atoms with van der Waals surface area (Å²) in [6.07, 6.45) is -1.82. The van der Waals surface area contributed by atoms with Crippen LogP contribution >= 0.6 is 0 Å². The highest BCUT2D eigenvalue weighted by Crippen LogP contribution is 2.46. The van der Waals surface area contributed by atoms with E-state index < -0.39 is 23.4 Å². The molecule has 0 bridgehead atoms. The zero-order valence-corrected chi connectivity index (χ0v) is 18.9. The molecule has 1 aliphatic rings. The fourth-order valence-corrected chi connectivity index (χ4v) is 5.11. The van der Waals surface area contributed by atoms with Gasteiger partial charge in [0, 0.05) is 16.7 Å². The van der Waals surface area contributed by atoms with Crippen molar-refractivity contribution in [1.29, 1.82) is 0 Å². The van der Waals surface area contributed by atoms with Crippen molar-refractivity contribution in [1.82, 2.24) is 24.6 Å². The van der Waals surface area contributed by atoms with Crippen molar-refractivity contribution in [2.45, 2.75) is 37.3 Å². The molecular formula is C26H22F2N6O. The minimum Gasteiger partial charge on any atom is -0.390 e. The maximum Gasteiger partial charge on any atom is 0.297 e. The summed E-state index contributed by atoms with van der Waals surface area (Å²) in [5, 5.41) is 17.7. The lowest BCUT2D eigenvalue weighted by molar-refractivity contribution is -0.0738. The Bertz CT molecular complexity index is 1560. The van der Waals surface area contributed by atoms with Crippen LogP contribution in [0.3, 0.4) is 0 Å². The third-order valence-corrected chi connectivity index (χ3v) is 6.59. The minimum absolute atomic E-state index is 0.264. The van der Waals surface area contributed by atoms with Crippen molar-refractivity contribution in [3.8, 4) is 22.5 Å². The van der Waals surface area contributed by atoms with E-state index in [1.54, 1.807) is 19.1 Å². The number of benzene rings is 2. The molecule has 0 radical (unpaired) electrons. The van der Waals surface area contributed by atoms with Gasteiger partial charge in [-0.2, -0.15) is 0 Å². The van der Waals surface area contributed by atoms with Gasteiger partial charge in [0.05, 0.1) is 17.0 Å². The molecule has 9 heteroatoms. The highest BCUT2D eigenvalue weighted by Gasteiger charge is 2.49. The van der Waals surface area contributed by atoms with Crippen LogP contribution in [0.15, 0.2) is 66.7 Å². The van der Waals surface area contributed by atoms with Crippen molar-refractivity contribution < 1.29 is 13.9 Å². The number of hydrogen-bond acceptors (Lipinski definition) is 6. The van der Waals surface area contributed by atoms with Crippen LogP contribution in [0.25, 0.3) is 39.3 Å². The van der Waals surface area contributed by atoms with Gasteiger partial charge in [0.15, 0.2) is 11.3 Å². The third kappa shape index (κ3) is 3.55. The summed E-state index contributed by atoms with van der Waals surface area (Å²) in [5.74, 6) is -0.472. The number of alkyl halides is 2. The average molecular weight is 472 g/mol. The lowest BCUT2D eigenvalue weighted by Gasteiger charge is -2.49. The van der Waals surface area contributed by atoms with Crippen LogP contribution in [0.4, 0.5) is 8.78 Å². The summed E-state index contributed by atoms with van der Waals surface area (Å²) in [6, 6.07) is 20.5. The Kier molecular flexibility index (Phi) is 4.71. The van der Waals surface area contributed by atoms with Crippen molar-refractivity contribution in [3.05, 3.63) is 78.1 Å². The average Bonchev–Trinajstić information content (AvgIpc) is 3.28. The van der Waals surface area contributed by atoms with E-state index in [0.717, 1.165) is 16.7 Å². The van der Waals surface area contributed by atoms with Gasteiger partial charge in [-0.15, -0.1) is 10.2 Å². The second-order valence-corrected chi connectivity index (χ2v) is 9.47. The standard InChI is InChI=1S/C26H22F2N6O/c1-25(35)13-26(29,14-25)17-9-7-16(8-10-17)20-21(15-5-3-2-4-6-15)31-23-18(30-20)11-12-19-32-33-24(22(27)28)34(19)23/h2-12,22,35H,13-14,29H2,1H3/t25-,26-. The van der Waals surface area contributed by atoms with E-state index in [1.807, 2.05) is 54.6 Å². The summed E-state index contributed by atoms with van der Waals surface area (Å²) in [4.78, 5) is 9.66. The molecule has 0 unspecified atom stereocenters. The van der Waals surface area contributed by atoms with Crippen LogP contribution in [-0.4, -0.2) is 35.3 Å². The molecule has 5 aromatic rings. The van der Waals surface area contributed by atoms with E-state index >= 15 is 0 Å². The van der Waals surface area contributed by atoms with Crippen molar-refractivity contribution >= 4 is 16.8 Å². The molecule has 176 valence electrons. The zero-order valence-electron chi connectivity index (χ0n) is 18.9. The van der Waals surface area contributed by atoms with E-state index in [4.69, 9.17) is 15.7 Å². The van der Waals surface area contributed by atoms with Gasteiger partial charge in [0.1, 0.15) is 5.52 Å². The summed E-state index contributed by atoms with van der Waals surface area (Å²) in [6.45, 7) is 1.79. The Morgan fingerprint density at radius 3 is 2.20 bits per heavy atom. The molecule has 6 rings (SSSR count). The predicted molar refractivity (Wildman–Crippen MR) is 128 cm³/mol. The fourth-order valence-electron chi connectivity index (χ4n) is 5.11. The molecule has 0 aliphatic heterocycles. The first-order chi connectivity index (χ1) is 16.7. The van der Waals surface area contributed by atoms with E-state index in [9.17, 15) is 13.9 Å². The van der Waals surface area contributed by atoms with Crippen LogP contribution in [-0.2, 0) is 5.54 Å². The molecule has 1 fully saturated rings. The maximum atomic E-state index is 13.6.